The van der Waals surface area contributed by atoms with Crippen molar-refractivity contribution in [1.82, 2.24) is 4.98 Å². The van der Waals surface area contributed by atoms with E-state index in [0.29, 0.717) is 0 Å². The lowest BCUT2D eigenvalue weighted by Crippen LogP contribution is -2.18. The minimum Gasteiger partial charge on any atom is -0.387 e. The van der Waals surface area contributed by atoms with Crippen molar-refractivity contribution in [3.63, 3.8) is 0 Å². The summed E-state index contributed by atoms with van der Waals surface area (Å²) in [5.41, 5.74) is 0.0971. The fourth-order valence-electron chi connectivity index (χ4n) is 0.692. The van der Waals surface area contributed by atoms with Crippen LogP contribution in [0.2, 0.25) is 0 Å². The molecule has 1 heterocycles. The average Bonchev–Trinajstić information content (AvgIpc) is 2.06. The van der Waals surface area contributed by atoms with E-state index in [9.17, 15) is 13.2 Å². The lowest BCUT2D eigenvalue weighted by Gasteiger charge is -2.09. The zero-order valence-electron chi connectivity index (χ0n) is 6.47. The molecule has 0 aliphatic rings. The van der Waals surface area contributed by atoms with Gasteiger partial charge in [-0.3, -0.25) is 0 Å². The highest BCUT2D eigenvalue weighted by molar-refractivity contribution is 14.1. The molecule has 7 heteroatoms. The lowest BCUT2D eigenvalue weighted by atomic mass is 10.3. The van der Waals surface area contributed by atoms with Crippen molar-refractivity contribution in [2.75, 3.05) is 0 Å². The standard InChI is InChI=1S/C7H2F3IN2O/c8-7(9,10)14-6-5(11)4(3-12)1-2-13-6/h1-2H. The molecule has 0 spiro atoms. The van der Waals surface area contributed by atoms with E-state index < -0.39 is 12.2 Å². The molecule has 0 N–H and O–H groups in total. The first-order valence-electron chi connectivity index (χ1n) is 3.24. The Morgan fingerprint density at radius 1 is 1.50 bits per heavy atom. The number of nitrogens with zero attached hydrogens (tertiary/aromatic N) is 2. The van der Waals surface area contributed by atoms with Crippen molar-refractivity contribution >= 4 is 22.6 Å². The van der Waals surface area contributed by atoms with Gasteiger partial charge in [0.05, 0.1) is 9.13 Å². The van der Waals surface area contributed by atoms with E-state index in [0.717, 1.165) is 6.20 Å². The predicted octanol–water partition coefficient (Wildman–Crippen LogP) is 2.46. The summed E-state index contributed by atoms with van der Waals surface area (Å²) < 4.78 is 39.1. The van der Waals surface area contributed by atoms with Gasteiger partial charge in [-0.1, -0.05) is 0 Å². The highest BCUT2D eigenvalue weighted by Gasteiger charge is 2.33. The van der Waals surface area contributed by atoms with Crippen molar-refractivity contribution in [2.24, 2.45) is 0 Å². The maximum atomic E-state index is 11.8. The number of hydrogen-bond donors (Lipinski definition) is 0. The van der Waals surface area contributed by atoms with Crippen LogP contribution in [-0.2, 0) is 0 Å². The zero-order valence-corrected chi connectivity index (χ0v) is 8.63. The van der Waals surface area contributed by atoms with Gasteiger partial charge in [0.1, 0.15) is 6.07 Å². The van der Waals surface area contributed by atoms with Gasteiger partial charge in [-0.2, -0.15) is 5.26 Å². The molecule has 14 heavy (non-hydrogen) atoms. The number of hydrogen-bond acceptors (Lipinski definition) is 3. The van der Waals surface area contributed by atoms with Gasteiger partial charge in [0, 0.05) is 6.20 Å². The Hall–Kier alpha value is -1.04. The van der Waals surface area contributed by atoms with Gasteiger partial charge in [-0.25, -0.2) is 4.98 Å². The monoisotopic (exact) mass is 314 g/mol. The molecule has 0 saturated heterocycles. The van der Waals surface area contributed by atoms with Crippen LogP contribution >= 0.6 is 22.6 Å². The van der Waals surface area contributed by atoms with E-state index in [1.54, 1.807) is 28.7 Å². The third kappa shape index (κ3) is 2.73. The Bertz CT molecular complexity index is 386. The Labute approximate surface area is 90.6 Å². The van der Waals surface area contributed by atoms with Crippen LogP contribution in [0.15, 0.2) is 12.3 Å². The summed E-state index contributed by atoms with van der Waals surface area (Å²) in [5, 5.41) is 8.52. The van der Waals surface area contributed by atoms with Gasteiger partial charge < -0.3 is 4.74 Å². The first-order valence-corrected chi connectivity index (χ1v) is 4.32. The molecule has 0 atom stereocenters. The molecule has 1 aromatic heterocycles. The minimum absolute atomic E-state index is 0.0462. The summed E-state index contributed by atoms with van der Waals surface area (Å²) in [7, 11) is 0. The molecule has 1 aromatic rings. The maximum Gasteiger partial charge on any atom is 0.574 e. The number of ether oxygens (including phenoxy) is 1. The van der Waals surface area contributed by atoms with Crippen LogP contribution < -0.4 is 4.74 Å². The van der Waals surface area contributed by atoms with Crippen LogP contribution in [0.5, 0.6) is 5.88 Å². The van der Waals surface area contributed by atoms with Crippen LogP contribution in [-0.4, -0.2) is 11.3 Å². The van der Waals surface area contributed by atoms with Crippen LogP contribution in [0.3, 0.4) is 0 Å². The maximum absolute atomic E-state index is 11.8. The number of halogens is 4. The van der Waals surface area contributed by atoms with Crippen LogP contribution in [0.25, 0.3) is 0 Å². The topological polar surface area (TPSA) is 45.9 Å². The van der Waals surface area contributed by atoms with Crippen molar-refractivity contribution in [3.8, 4) is 11.9 Å². The van der Waals surface area contributed by atoms with Gasteiger partial charge in [0.15, 0.2) is 0 Å². The number of aromatic nitrogens is 1. The van der Waals surface area contributed by atoms with Crippen molar-refractivity contribution in [2.45, 2.75) is 6.36 Å². The molecule has 0 amide bonds. The second-order valence-corrected chi connectivity index (χ2v) is 3.22. The van der Waals surface area contributed by atoms with Crippen molar-refractivity contribution < 1.29 is 17.9 Å². The highest BCUT2D eigenvalue weighted by atomic mass is 127. The van der Waals surface area contributed by atoms with E-state index in [4.69, 9.17) is 5.26 Å². The van der Waals surface area contributed by atoms with Crippen LogP contribution in [0.1, 0.15) is 5.56 Å². The highest BCUT2D eigenvalue weighted by Crippen LogP contribution is 2.26. The smallest absolute Gasteiger partial charge is 0.387 e. The normalized spacial score (nSPS) is 10.8. The summed E-state index contributed by atoms with van der Waals surface area (Å²) in [6, 6.07) is 3.04. The van der Waals surface area contributed by atoms with E-state index in [1.165, 1.54) is 6.07 Å². The van der Waals surface area contributed by atoms with Crippen molar-refractivity contribution in [1.29, 1.82) is 5.26 Å². The van der Waals surface area contributed by atoms with Gasteiger partial charge >= 0.3 is 6.36 Å². The number of nitriles is 1. The molecule has 0 aromatic carbocycles. The Morgan fingerprint density at radius 2 is 2.14 bits per heavy atom. The Kier molecular flexibility index (Phi) is 3.15. The first-order chi connectivity index (χ1) is 6.44. The summed E-state index contributed by atoms with van der Waals surface area (Å²) in [6.45, 7) is 0. The molecule has 74 valence electrons. The summed E-state index contributed by atoms with van der Waals surface area (Å²) >= 11 is 1.57. The lowest BCUT2D eigenvalue weighted by molar-refractivity contribution is -0.276. The SMILES string of the molecule is N#Cc1ccnc(OC(F)(F)F)c1I. The molecule has 3 nitrogen and oxygen atoms in total. The molecular weight excluding hydrogens is 312 g/mol. The number of rotatable bonds is 1. The van der Waals surface area contributed by atoms with Gasteiger partial charge in [0.25, 0.3) is 0 Å². The largest absolute Gasteiger partial charge is 0.574 e. The van der Waals surface area contributed by atoms with Crippen LogP contribution in [0.4, 0.5) is 13.2 Å². The number of pyridine rings is 1. The molecule has 0 radical (unpaired) electrons. The third-order valence-electron chi connectivity index (χ3n) is 1.19. The van der Waals surface area contributed by atoms with Crippen molar-refractivity contribution in [3.05, 3.63) is 21.4 Å². The third-order valence-corrected chi connectivity index (χ3v) is 2.23. The van der Waals surface area contributed by atoms with E-state index in [-0.39, 0.29) is 9.13 Å². The van der Waals surface area contributed by atoms with E-state index in [1.807, 2.05) is 0 Å². The quantitative estimate of drug-likeness (QED) is 0.748. The van der Waals surface area contributed by atoms with E-state index >= 15 is 0 Å². The Balaban J connectivity index is 3.06. The van der Waals surface area contributed by atoms with Gasteiger partial charge in [0.2, 0.25) is 5.88 Å². The Morgan fingerprint density at radius 3 is 2.64 bits per heavy atom. The molecule has 0 aliphatic carbocycles. The average molecular weight is 314 g/mol. The molecule has 0 fully saturated rings. The second-order valence-electron chi connectivity index (χ2n) is 2.14. The minimum atomic E-state index is -4.79. The predicted molar refractivity (Wildman–Crippen MR) is 48.4 cm³/mol. The first kappa shape index (κ1) is 11.0. The second kappa shape index (κ2) is 4.00. The molecule has 0 aliphatic heterocycles. The summed E-state index contributed by atoms with van der Waals surface area (Å²) in [5.74, 6) is -0.600. The fourth-order valence-corrected chi connectivity index (χ4v) is 1.24. The van der Waals surface area contributed by atoms with Gasteiger partial charge in [-0.05, 0) is 28.7 Å². The summed E-state index contributed by atoms with van der Waals surface area (Å²) in [6.07, 6.45) is -3.71. The summed E-state index contributed by atoms with van der Waals surface area (Å²) in [4.78, 5) is 3.37. The van der Waals surface area contributed by atoms with Gasteiger partial charge in [-0.15, -0.1) is 13.2 Å². The molecule has 0 saturated carbocycles. The zero-order chi connectivity index (χ0) is 10.8. The molecular formula is C7H2F3IN2O. The molecule has 0 bridgehead atoms. The van der Waals surface area contributed by atoms with Crippen LogP contribution in [0, 0.1) is 14.9 Å². The number of alkyl halides is 3. The molecule has 1 rings (SSSR count). The molecule has 0 unspecified atom stereocenters. The van der Waals surface area contributed by atoms with E-state index in [2.05, 4.69) is 9.72 Å². The fraction of sp³-hybridized carbons (Fsp3) is 0.143.